The van der Waals surface area contributed by atoms with Crippen molar-refractivity contribution in [3.8, 4) is 33.6 Å². The Morgan fingerprint density at radius 2 is 1.85 bits per heavy atom. The van der Waals surface area contributed by atoms with Crippen LogP contribution in [0.2, 0.25) is 0 Å². The van der Waals surface area contributed by atoms with Crippen molar-refractivity contribution in [1.29, 1.82) is 0 Å². The van der Waals surface area contributed by atoms with Gasteiger partial charge in [0.15, 0.2) is 22.3 Å². The predicted octanol–water partition coefficient (Wildman–Crippen LogP) is 3.06. The number of benzene rings is 1. The van der Waals surface area contributed by atoms with E-state index in [0.29, 0.717) is 17.3 Å². The number of methoxy groups -OCH3 is 2. The van der Waals surface area contributed by atoms with Crippen LogP contribution in [0.5, 0.6) is 11.5 Å². The van der Waals surface area contributed by atoms with Crippen molar-refractivity contribution in [1.82, 2.24) is 29.6 Å². The Labute approximate surface area is 154 Å². The molecule has 0 aliphatic rings. The van der Waals surface area contributed by atoms with Crippen molar-refractivity contribution in [3.63, 3.8) is 0 Å². The molecule has 134 valence electrons. The first-order chi connectivity index (χ1) is 12.6. The molecule has 0 fully saturated rings. The second-order valence-electron chi connectivity index (χ2n) is 5.68. The molecule has 0 bridgehead atoms. The molecule has 0 amide bonds. The van der Waals surface area contributed by atoms with Gasteiger partial charge in [0.2, 0.25) is 4.96 Å². The van der Waals surface area contributed by atoms with E-state index in [1.165, 1.54) is 11.3 Å². The molecule has 0 aliphatic carbocycles. The van der Waals surface area contributed by atoms with Gasteiger partial charge in [-0.05, 0) is 38.1 Å². The number of hydrogen-bond donors (Lipinski definition) is 0. The molecule has 0 spiro atoms. The summed E-state index contributed by atoms with van der Waals surface area (Å²) in [5, 5.41) is 18.6. The third-order valence-corrected chi connectivity index (χ3v) is 4.97. The summed E-state index contributed by atoms with van der Waals surface area (Å²) in [6, 6.07) is 7.66. The Morgan fingerprint density at radius 3 is 2.58 bits per heavy atom. The van der Waals surface area contributed by atoms with Gasteiger partial charge in [-0.15, -0.1) is 10.2 Å². The molecule has 9 heteroatoms. The van der Waals surface area contributed by atoms with Gasteiger partial charge in [0, 0.05) is 12.1 Å². The minimum absolute atomic E-state index is 0.636. The van der Waals surface area contributed by atoms with Crippen molar-refractivity contribution in [3.05, 3.63) is 30.0 Å². The zero-order chi connectivity index (χ0) is 18.3. The number of hydrogen-bond acceptors (Lipinski definition) is 7. The molecule has 0 N–H and O–H groups in total. The fourth-order valence-electron chi connectivity index (χ4n) is 2.83. The number of fused-ring (bicyclic) bond motifs is 1. The summed E-state index contributed by atoms with van der Waals surface area (Å²) in [6.45, 7) is 4.82. The molecule has 3 heterocycles. The maximum absolute atomic E-state index is 5.38. The molecule has 3 aromatic heterocycles. The molecular weight excluding hydrogens is 352 g/mol. The Morgan fingerprint density at radius 1 is 1.04 bits per heavy atom. The van der Waals surface area contributed by atoms with Crippen LogP contribution in [-0.4, -0.2) is 43.8 Å². The quantitative estimate of drug-likeness (QED) is 0.537. The lowest BCUT2D eigenvalue weighted by Crippen LogP contribution is -1.99. The van der Waals surface area contributed by atoms with Crippen molar-refractivity contribution < 1.29 is 9.47 Å². The van der Waals surface area contributed by atoms with Crippen LogP contribution in [-0.2, 0) is 6.54 Å². The highest BCUT2D eigenvalue weighted by atomic mass is 32.1. The van der Waals surface area contributed by atoms with E-state index in [1.54, 1.807) is 18.7 Å². The van der Waals surface area contributed by atoms with Gasteiger partial charge >= 0.3 is 0 Å². The summed E-state index contributed by atoms with van der Waals surface area (Å²) >= 11 is 1.49. The monoisotopic (exact) mass is 370 g/mol. The Balaban J connectivity index is 1.82. The molecule has 4 aromatic rings. The minimum atomic E-state index is 0.636. The topological polar surface area (TPSA) is 79.4 Å². The van der Waals surface area contributed by atoms with E-state index in [9.17, 15) is 0 Å². The average molecular weight is 370 g/mol. The Bertz CT molecular complexity index is 1080. The summed E-state index contributed by atoms with van der Waals surface area (Å²) in [4.78, 5) is 0.728. The number of rotatable bonds is 5. The van der Waals surface area contributed by atoms with Crippen LogP contribution in [0.1, 0.15) is 12.6 Å². The van der Waals surface area contributed by atoms with Gasteiger partial charge in [-0.3, -0.25) is 4.68 Å². The highest BCUT2D eigenvalue weighted by Crippen LogP contribution is 2.33. The lowest BCUT2D eigenvalue weighted by molar-refractivity contribution is 0.355. The van der Waals surface area contributed by atoms with Crippen LogP contribution < -0.4 is 9.47 Å². The first-order valence-electron chi connectivity index (χ1n) is 8.14. The molecular formula is C17H18N6O2S. The molecule has 0 atom stereocenters. The number of aromatic nitrogens is 6. The van der Waals surface area contributed by atoms with Crippen LogP contribution in [0.25, 0.3) is 27.1 Å². The molecule has 1 aromatic carbocycles. The van der Waals surface area contributed by atoms with E-state index in [1.807, 2.05) is 35.9 Å². The lowest BCUT2D eigenvalue weighted by Gasteiger charge is -2.08. The van der Waals surface area contributed by atoms with Crippen molar-refractivity contribution >= 4 is 16.3 Å². The molecule has 0 radical (unpaired) electrons. The fraction of sp³-hybridized carbons (Fsp3) is 0.294. The van der Waals surface area contributed by atoms with Crippen LogP contribution in [0.15, 0.2) is 24.3 Å². The number of ether oxygens (including phenoxy) is 2. The van der Waals surface area contributed by atoms with E-state index in [4.69, 9.17) is 14.6 Å². The third-order valence-electron chi connectivity index (χ3n) is 4.05. The zero-order valence-corrected chi connectivity index (χ0v) is 15.7. The molecule has 0 unspecified atom stereocenters. The van der Waals surface area contributed by atoms with Gasteiger partial charge in [0.1, 0.15) is 0 Å². The van der Waals surface area contributed by atoms with Crippen molar-refractivity contribution in [2.45, 2.75) is 20.4 Å². The number of nitrogens with zero attached hydrogens (tertiary/aromatic N) is 6. The molecule has 0 aliphatic heterocycles. The van der Waals surface area contributed by atoms with Crippen LogP contribution in [0.4, 0.5) is 0 Å². The standard InChI is InChI=1S/C17H18N6O2S/c1-5-22-12(8-10(2)20-22)16-21-23-15(18-19-17(23)26-16)11-6-7-13(24-3)14(9-11)25-4/h6-9H,5H2,1-4H3. The van der Waals surface area contributed by atoms with Crippen LogP contribution in [0, 0.1) is 6.92 Å². The van der Waals surface area contributed by atoms with E-state index < -0.39 is 0 Å². The van der Waals surface area contributed by atoms with Gasteiger partial charge in [0.25, 0.3) is 0 Å². The normalized spacial score (nSPS) is 11.2. The Hall–Kier alpha value is -2.94. The van der Waals surface area contributed by atoms with Gasteiger partial charge in [-0.1, -0.05) is 11.3 Å². The number of aryl methyl sites for hydroxylation is 2. The first kappa shape index (κ1) is 16.5. The summed E-state index contributed by atoms with van der Waals surface area (Å²) in [6.07, 6.45) is 0. The van der Waals surface area contributed by atoms with Crippen LogP contribution >= 0.6 is 11.3 Å². The smallest absolute Gasteiger partial charge is 0.235 e. The second kappa shape index (κ2) is 6.41. The molecule has 0 saturated carbocycles. The highest BCUT2D eigenvalue weighted by molar-refractivity contribution is 7.19. The highest BCUT2D eigenvalue weighted by Gasteiger charge is 2.18. The Kier molecular flexibility index (Phi) is 4.08. The molecule has 26 heavy (non-hydrogen) atoms. The zero-order valence-electron chi connectivity index (χ0n) is 14.9. The second-order valence-corrected chi connectivity index (χ2v) is 6.64. The molecule has 0 saturated heterocycles. The summed E-state index contributed by atoms with van der Waals surface area (Å²) in [5.74, 6) is 1.96. The fourth-order valence-corrected chi connectivity index (χ4v) is 3.69. The van der Waals surface area contributed by atoms with Crippen LogP contribution in [0.3, 0.4) is 0 Å². The van der Waals surface area contributed by atoms with E-state index >= 15 is 0 Å². The predicted molar refractivity (Wildman–Crippen MR) is 98.8 cm³/mol. The van der Waals surface area contributed by atoms with Crippen molar-refractivity contribution in [2.75, 3.05) is 14.2 Å². The SMILES string of the molecule is CCn1nc(C)cc1-c1nn2c(-c3ccc(OC)c(OC)c3)nnc2s1. The summed E-state index contributed by atoms with van der Waals surface area (Å²) in [7, 11) is 3.22. The van der Waals surface area contributed by atoms with Gasteiger partial charge < -0.3 is 9.47 Å². The molecule has 8 nitrogen and oxygen atoms in total. The molecule has 4 rings (SSSR count). The van der Waals surface area contributed by atoms with E-state index in [0.717, 1.165) is 33.5 Å². The lowest BCUT2D eigenvalue weighted by atomic mass is 10.2. The summed E-state index contributed by atoms with van der Waals surface area (Å²) in [5.41, 5.74) is 2.80. The van der Waals surface area contributed by atoms with E-state index in [-0.39, 0.29) is 0 Å². The minimum Gasteiger partial charge on any atom is -0.493 e. The maximum atomic E-state index is 5.38. The first-order valence-corrected chi connectivity index (χ1v) is 8.95. The largest absolute Gasteiger partial charge is 0.493 e. The maximum Gasteiger partial charge on any atom is 0.235 e. The van der Waals surface area contributed by atoms with E-state index in [2.05, 4.69) is 22.2 Å². The van der Waals surface area contributed by atoms with Crippen molar-refractivity contribution in [2.24, 2.45) is 0 Å². The van der Waals surface area contributed by atoms with Gasteiger partial charge in [-0.25, -0.2) is 0 Å². The third kappa shape index (κ3) is 2.60. The average Bonchev–Trinajstić information content (AvgIpc) is 3.34. The van der Waals surface area contributed by atoms with Gasteiger partial charge in [0.05, 0.1) is 25.6 Å². The van der Waals surface area contributed by atoms with Gasteiger partial charge in [-0.2, -0.15) is 14.7 Å². The summed E-state index contributed by atoms with van der Waals surface area (Å²) < 4.78 is 14.4.